The largest absolute Gasteiger partial charge is 0.391 e. The molecule has 1 aromatic carbocycles. The fraction of sp³-hybridized carbons (Fsp3) is 0.444. The predicted octanol–water partition coefficient (Wildman–Crippen LogP) is 0.427. The molecule has 0 saturated carbocycles. The Balaban J connectivity index is 1.84. The van der Waals surface area contributed by atoms with Crippen molar-refractivity contribution in [2.75, 3.05) is 11.9 Å². The van der Waals surface area contributed by atoms with Crippen LogP contribution in [-0.4, -0.2) is 45.0 Å². The fourth-order valence-electron chi connectivity index (χ4n) is 3.25. The third-order valence-electron chi connectivity index (χ3n) is 4.51. The molecule has 0 spiro atoms. The molecule has 2 unspecified atom stereocenters. The first-order chi connectivity index (χ1) is 12.5. The predicted molar refractivity (Wildman–Crippen MR) is 97.0 cm³/mol. The minimum Gasteiger partial charge on any atom is -0.391 e. The number of piperidine rings is 1. The van der Waals surface area contributed by atoms with E-state index in [-0.39, 0.29) is 41.6 Å². The van der Waals surface area contributed by atoms with Gasteiger partial charge in [-0.25, -0.2) is 4.98 Å². The molecule has 2 atom stereocenters. The quantitative estimate of drug-likeness (QED) is 0.714. The Morgan fingerprint density at radius 2 is 2.23 bits per heavy atom. The normalized spacial score (nSPS) is 20.1. The number of rotatable bonds is 5. The van der Waals surface area contributed by atoms with E-state index in [9.17, 15) is 19.5 Å². The van der Waals surface area contributed by atoms with Crippen LogP contribution in [0.15, 0.2) is 29.3 Å². The maximum Gasteiger partial charge on any atom is 0.263 e. The molecule has 26 heavy (non-hydrogen) atoms. The molecule has 8 heteroatoms. The minimum absolute atomic E-state index is 0.124. The highest BCUT2D eigenvalue weighted by Gasteiger charge is 2.25. The summed E-state index contributed by atoms with van der Waals surface area (Å²) < 4.78 is 1.24. The van der Waals surface area contributed by atoms with E-state index < -0.39 is 6.10 Å². The van der Waals surface area contributed by atoms with E-state index in [2.05, 4.69) is 15.6 Å². The van der Waals surface area contributed by atoms with Crippen molar-refractivity contribution in [1.82, 2.24) is 14.9 Å². The van der Waals surface area contributed by atoms with Crippen LogP contribution in [0.2, 0.25) is 0 Å². The lowest BCUT2D eigenvalue weighted by Gasteiger charge is -2.28. The highest BCUT2D eigenvalue weighted by atomic mass is 16.3. The summed E-state index contributed by atoms with van der Waals surface area (Å²) in [5, 5.41) is 16.0. The fourth-order valence-corrected chi connectivity index (χ4v) is 3.25. The van der Waals surface area contributed by atoms with Crippen LogP contribution in [0.1, 0.15) is 26.2 Å². The summed E-state index contributed by atoms with van der Waals surface area (Å²) in [6.45, 7) is 2.01. The van der Waals surface area contributed by atoms with Crippen LogP contribution in [0, 0.1) is 0 Å². The second kappa shape index (κ2) is 7.76. The number of Topliss-reactive ketones (excluding diaryl/α,β-unsaturated/α-hetero) is 1. The Morgan fingerprint density at radius 3 is 2.96 bits per heavy atom. The number of fused-ring (bicyclic) bond motifs is 1. The van der Waals surface area contributed by atoms with Crippen molar-refractivity contribution < 1.29 is 14.7 Å². The second-order valence-electron chi connectivity index (χ2n) is 6.57. The molecule has 2 aromatic rings. The molecule has 138 valence electrons. The number of ketones is 1. The van der Waals surface area contributed by atoms with E-state index in [4.69, 9.17) is 0 Å². The van der Waals surface area contributed by atoms with Gasteiger partial charge < -0.3 is 15.7 Å². The van der Waals surface area contributed by atoms with Gasteiger partial charge in [0.05, 0.1) is 35.6 Å². The number of benzene rings is 1. The second-order valence-corrected chi connectivity index (χ2v) is 6.57. The van der Waals surface area contributed by atoms with Gasteiger partial charge in [-0.1, -0.05) is 6.07 Å². The van der Waals surface area contributed by atoms with E-state index in [0.717, 1.165) is 13.0 Å². The summed E-state index contributed by atoms with van der Waals surface area (Å²) in [7, 11) is 0. The number of carbonyl (C=O) groups is 2. The number of nitrogens with one attached hydrogen (secondary N) is 2. The Morgan fingerprint density at radius 1 is 1.42 bits per heavy atom. The number of aliphatic hydroxyl groups is 1. The van der Waals surface area contributed by atoms with E-state index in [1.807, 2.05) is 0 Å². The van der Waals surface area contributed by atoms with Crippen molar-refractivity contribution in [2.24, 2.45) is 0 Å². The molecule has 1 aliphatic heterocycles. The van der Waals surface area contributed by atoms with Gasteiger partial charge in [-0.15, -0.1) is 0 Å². The maximum absolute atomic E-state index is 12.8. The Bertz CT molecular complexity index is 892. The van der Waals surface area contributed by atoms with Gasteiger partial charge >= 0.3 is 0 Å². The van der Waals surface area contributed by atoms with E-state index in [0.29, 0.717) is 17.6 Å². The summed E-state index contributed by atoms with van der Waals surface area (Å²) in [6, 6.07) is 4.72. The lowest BCUT2D eigenvalue weighted by molar-refractivity contribution is -0.121. The maximum atomic E-state index is 12.8. The van der Waals surface area contributed by atoms with Crippen molar-refractivity contribution >= 4 is 28.3 Å². The molecular weight excluding hydrogens is 336 g/mol. The van der Waals surface area contributed by atoms with Gasteiger partial charge in [0.25, 0.3) is 5.56 Å². The summed E-state index contributed by atoms with van der Waals surface area (Å²) in [5.41, 5.74) is 0.442. The van der Waals surface area contributed by atoms with Crippen molar-refractivity contribution in [3.8, 4) is 0 Å². The smallest absolute Gasteiger partial charge is 0.263 e. The average molecular weight is 358 g/mol. The van der Waals surface area contributed by atoms with Gasteiger partial charge in [-0.2, -0.15) is 0 Å². The first-order valence-corrected chi connectivity index (χ1v) is 8.64. The molecule has 0 bridgehead atoms. The third-order valence-corrected chi connectivity index (χ3v) is 4.51. The molecule has 2 heterocycles. The number of carbonyl (C=O) groups excluding carboxylic acids is 2. The molecule has 1 aromatic heterocycles. The monoisotopic (exact) mass is 358 g/mol. The molecule has 0 radical (unpaired) electrons. The zero-order valence-electron chi connectivity index (χ0n) is 14.6. The van der Waals surface area contributed by atoms with E-state index in [1.54, 1.807) is 18.2 Å². The van der Waals surface area contributed by atoms with Crippen LogP contribution in [0.5, 0.6) is 0 Å². The third kappa shape index (κ3) is 3.97. The number of amides is 1. The van der Waals surface area contributed by atoms with Crippen LogP contribution in [-0.2, 0) is 16.1 Å². The molecule has 0 aliphatic carbocycles. The Hall–Kier alpha value is -2.58. The summed E-state index contributed by atoms with van der Waals surface area (Å²) in [5.74, 6) is -0.454. The molecule has 3 rings (SSSR count). The molecule has 8 nitrogen and oxygen atoms in total. The molecular formula is C18H22N4O4. The van der Waals surface area contributed by atoms with E-state index >= 15 is 0 Å². The molecule has 1 amide bonds. The average Bonchev–Trinajstić information content (AvgIpc) is 2.59. The van der Waals surface area contributed by atoms with Gasteiger partial charge in [0, 0.05) is 19.4 Å². The van der Waals surface area contributed by atoms with Crippen LogP contribution >= 0.6 is 0 Å². The van der Waals surface area contributed by atoms with Gasteiger partial charge in [-0.3, -0.25) is 19.0 Å². The zero-order valence-corrected chi connectivity index (χ0v) is 14.6. The first kappa shape index (κ1) is 18.2. The van der Waals surface area contributed by atoms with Gasteiger partial charge in [0.15, 0.2) is 5.78 Å². The summed E-state index contributed by atoms with van der Waals surface area (Å²) in [6.07, 6.45) is 2.49. The molecule has 1 aliphatic rings. The highest BCUT2D eigenvalue weighted by molar-refractivity contribution is 5.99. The first-order valence-electron chi connectivity index (χ1n) is 8.64. The van der Waals surface area contributed by atoms with Crippen LogP contribution in [0.25, 0.3) is 10.9 Å². The number of aliphatic hydroxyl groups excluding tert-OH is 1. The lowest BCUT2D eigenvalue weighted by Crippen LogP contribution is -2.46. The van der Waals surface area contributed by atoms with Crippen molar-refractivity contribution in [3.05, 3.63) is 34.9 Å². The van der Waals surface area contributed by atoms with Crippen molar-refractivity contribution in [3.63, 3.8) is 0 Å². The molecule has 1 saturated heterocycles. The van der Waals surface area contributed by atoms with Crippen molar-refractivity contribution in [1.29, 1.82) is 0 Å². The minimum atomic E-state index is -0.550. The number of aromatic nitrogens is 2. The number of anilines is 1. The zero-order chi connectivity index (χ0) is 18.7. The Kier molecular flexibility index (Phi) is 5.43. The van der Waals surface area contributed by atoms with E-state index in [1.165, 1.54) is 17.8 Å². The van der Waals surface area contributed by atoms with Gasteiger partial charge in [0.1, 0.15) is 0 Å². The van der Waals surface area contributed by atoms with Crippen LogP contribution < -0.4 is 16.2 Å². The summed E-state index contributed by atoms with van der Waals surface area (Å²) >= 11 is 0. The Labute approximate surface area is 150 Å². The highest BCUT2D eigenvalue weighted by Crippen LogP contribution is 2.18. The number of hydrogen-bond donors (Lipinski definition) is 3. The summed E-state index contributed by atoms with van der Waals surface area (Å²) in [4.78, 5) is 40.7. The topological polar surface area (TPSA) is 113 Å². The number of nitrogens with zero attached hydrogens (tertiary/aromatic N) is 2. The van der Waals surface area contributed by atoms with Gasteiger partial charge in [-0.05, 0) is 31.5 Å². The van der Waals surface area contributed by atoms with Crippen LogP contribution in [0.4, 0.5) is 5.69 Å². The molecule has 3 N–H and O–H groups in total. The SMILES string of the molecule is CC(=O)Nc1cccc2ncn(CC(=O)CC3NCCCC3O)c(=O)c12. The van der Waals surface area contributed by atoms with Crippen molar-refractivity contribution in [2.45, 2.75) is 44.9 Å². The van der Waals surface area contributed by atoms with Gasteiger partial charge in [0.2, 0.25) is 5.91 Å². The lowest BCUT2D eigenvalue weighted by atomic mass is 9.97. The molecule has 1 fully saturated rings. The number of hydrogen-bond acceptors (Lipinski definition) is 6. The van der Waals surface area contributed by atoms with Crippen LogP contribution in [0.3, 0.4) is 0 Å². The standard InChI is InChI=1S/C18H22N4O4/c1-11(23)21-14-5-2-4-13-17(14)18(26)22(10-20-13)9-12(24)8-15-16(25)6-3-7-19-15/h2,4-5,10,15-16,19,25H,3,6-9H2,1H3,(H,21,23).